The number of halogens is 1. The Morgan fingerprint density at radius 3 is 2.32 bits per heavy atom. The number of nitrogens with one attached hydrogen (secondary N) is 1. The number of para-hydroxylation sites is 1. The van der Waals surface area contributed by atoms with Crippen LogP contribution in [0.1, 0.15) is 11.1 Å². The molecule has 0 aliphatic carbocycles. The first kappa shape index (κ1) is 23.8. The van der Waals surface area contributed by atoms with Crippen LogP contribution in [-0.4, -0.2) is 50.4 Å². The summed E-state index contributed by atoms with van der Waals surface area (Å²) in [6, 6.07) is 11.4. The Kier molecular flexibility index (Phi) is 8.09. The van der Waals surface area contributed by atoms with Crippen molar-refractivity contribution >= 4 is 51.9 Å². The molecule has 1 saturated heterocycles. The Bertz CT molecular complexity index is 1050. The van der Waals surface area contributed by atoms with Crippen molar-refractivity contribution in [1.82, 2.24) is 10.2 Å². The molecule has 2 aromatic rings. The molecule has 31 heavy (non-hydrogen) atoms. The third-order valence-corrected chi connectivity index (χ3v) is 4.65. The zero-order chi connectivity index (χ0) is 23.1. The van der Waals surface area contributed by atoms with Crippen molar-refractivity contribution in [2.75, 3.05) is 26.1 Å². The molecule has 1 N–H and O–H groups in total. The largest absolute Gasteiger partial charge is 0.496 e. The van der Waals surface area contributed by atoms with E-state index in [1.54, 1.807) is 63.5 Å². The summed E-state index contributed by atoms with van der Waals surface area (Å²) < 4.78 is 6.04. The van der Waals surface area contributed by atoms with Gasteiger partial charge in [0.15, 0.2) is 0 Å². The van der Waals surface area contributed by atoms with E-state index in [1.165, 1.54) is 18.1 Å². The number of hydrogen-bond acceptors (Lipinski definition) is 5. The topological polar surface area (TPSA) is 96.0 Å². The number of nitrogens with zero attached hydrogens (tertiary/aromatic N) is 2. The van der Waals surface area contributed by atoms with Gasteiger partial charge in [-0.05, 0) is 42.8 Å². The molecule has 3 rings (SSSR count). The average Bonchev–Trinajstić information content (AvgIpc) is 2.73. The number of carbonyl (C=O) groups is 4. The highest BCUT2D eigenvalue weighted by atomic mass is 79.9. The van der Waals surface area contributed by atoms with Crippen LogP contribution in [0.25, 0.3) is 6.08 Å². The van der Waals surface area contributed by atoms with Gasteiger partial charge >= 0.3 is 6.03 Å². The van der Waals surface area contributed by atoms with Crippen LogP contribution in [-0.2, 0) is 14.4 Å². The van der Waals surface area contributed by atoms with Gasteiger partial charge in [-0.1, -0.05) is 34.1 Å². The van der Waals surface area contributed by atoms with Gasteiger partial charge in [0.1, 0.15) is 11.3 Å². The smallest absolute Gasteiger partial charge is 0.335 e. The molecule has 0 unspecified atom stereocenters. The molecule has 8 nitrogen and oxygen atoms in total. The molecule has 0 spiro atoms. The van der Waals surface area contributed by atoms with E-state index in [2.05, 4.69) is 21.2 Å². The van der Waals surface area contributed by atoms with E-state index in [9.17, 15) is 19.2 Å². The number of amides is 5. The molecule has 1 aliphatic heterocycles. The normalized spacial score (nSPS) is 14.5. The molecule has 0 saturated carbocycles. The van der Waals surface area contributed by atoms with Gasteiger partial charge in [0.2, 0.25) is 6.41 Å². The van der Waals surface area contributed by atoms with Crippen molar-refractivity contribution in [3.63, 3.8) is 0 Å². The van der Waals surface area contributed by atoms with E-state index >= 15 is 0 Å². The predicted molar refractivity (Wildman–Crippen MR) is 121 cm³/mol. The van der Waals surface area contributed by atoms with Crippen LogP contribution >= 0.6 is 15.9 Å². The van der Waals surface area contributed by atoms with Crippen molar-refractivity contribution in [2.45, 2.75) is 6.92 Å². The molecule has 1 heterocycles. The lowest BCUT2D eigenvalue weighted by Crippen LogP contribution is -2.54. The number of aryl methyl sites for hydroxylation is 1. The van der Waals surface area contributed by atoms with Crippen molar-refractivity contribution < 1.29 is 23.9 Å². The van der Waals surface area contributed by atoms with Crippen LogP contribution in [0.2, 0.25) is 0 Å². The van der Waals surface area contributed by atoms with E-state index in [-0.39, 0.29) is 5.57 Å². The summed E-state index contributed by atoms with van der Waals surface area (Å²) in [6.45, 7) is 1.78. The fourth-order valence-corrected chi connectivity index (χ4v) is 3.04. The van der Waals surface area contributed by atoms with Gasteiger partial charge in [0.25, 0.3) is 11.8 Å². The van der Waals surface area contributed by atoms with Crippen molar-refractivity contribution in [3.8, 4) is 5.75 Å². The molecule has 0 atom stereocenters. The van der Waals surface area contributed by atoms with Crippen LogP contribution in [0.4, 0.5) is 10.5 Å². The molecule has 0 radical (unpaired) electrons. The van der Waals surface area contributed by atoms with E-state index < -0.39 is 17.8 Å². The second kappa shape index (κ2) is 10.5. The van der Waals surface area contributed by atoms with Gasteiger partial charge < -0.3 is 9.64 Å². The lowest BCUT2D eigenvalue weighted by molar-refractivity contribution is -0.122. The minimum Gasteiger partial charge on any atom is -0.496 e. The summed E-state index contributed by atoms with van der Waals surface area (Å²) >= 11 is 3.35. The Labute approximate surface area is 188 Å². The SMILES string of the molecule is CN(C)C=O.COc1ccc(Br)cc1/C=C1\C(=O)NC(=O)N(c2ccccc2C)C1=O. The maximum atomic E-state index is 12.9. The number of barbiturate groups is 1. The van der Waals surface area contributed by atoms with E-state index in [4.69, 9.17) is 4.74 Å². The second-order valence-electron chi connectivity index (χ2n) is 6.70. The summed E-state index contributed by atoms with van der Waals surface area (Å²) in [5.74, 6) is -0.928. The van der Waals surface area contributed by atoms with E-state index in [0.29, 0.717) is 17.0 Å². The molecule has 5 amide bonds. The summed E-state index contributed by atoms with van der Waals surface area (Å²) in [4.78, 5) is 49.3. The van der Waals surface area contributed by atoms with Crippen molar-refractivity contribution in [1.29, 1.82) is 0 Å². The quantitative estimate of drug-likeness (QED) is 0.406. The van der Waals surface area contributed by atoms with Crippen LogP contribution in [0.5, 0.6) is 5.75 Å². The summed E-state index contributed by atoms with van der Waals surface area (Å²) in [7, 11) is 4.87. The number of urea groups is 1. The second-order valence-corrected chi connectivity index (χ2v) is 7.62. The third kappa shape index (κ3) is 5.79. The van der Waals surface area contributed by atoms with Gasteiger partial charge in [-0.3, -0.25) is 19.7 Å². The minimum absolute atomic E-state index is 0.149. The minimum atomic E-state index is -0.771. The van der Waals surface area contributed by atoms with Gasteiger partial charge in [-0.25, -0.2) is 9.69 Å². The summed E-state index contributed by atoms with van der Waals surface area (Å²) in [5, 5.41) is 2.21. The van der Waals surface area contributed by atoms with E-state index in [0.717, 1.165) is 21.3 Å². The number of benzene rings is 2. The van der Waals surface area contributed by atoms with Crippen molar-refractivity contribution in [3.05, 3.63) is 63.6 Å². The van der Waals surface area contributed by atoms with Crippen molar-refractivity contribution in [2.24, 2.45) is 0 Å². The molecule has 1 aliphatic rings. The predicted octanol–water partition coefficient (Wildman–Crippen LogP) is 3.14. The molecule has 0 bridgehead atoms. The number of imide groups is 2. The zero-order valence-corrected chi connectivity index (χ0v) is 19.1. The number of methoxy groups -OCH3 is 1. The van der Waals surface area contributed by atoms with E-state index in [1.807, 2.05) is 0 Å². The van der Waals surface area contributed by atoms with Crippen LogP contribution in [0.15, 0.2) is 52.5 Å². The number of hydrogen-bond donors (Lipinski definition) is 1. The molecular formula is C22H22BrN3O5. The highest BCUT2D eigenvalue weighted by Crippen LogP contribution is 2.28. The fourth-order valence-electron chi connectivity index (χ4n) is 2.66. The van der Waals surface area contributed by atoms with Crippen LogP contribution in [0, 0.1) is 6.92 Å². The zero-order valence-electron chi connectivity index (χ0n) is 17.5. The Morgan fingerprint density at radius 2 is 1.74 bits per heavy atom. The van der Waals surface area contributed by atoms with Gasteiger partial charge in [0.05, 0.1) is 12.8 Å². The first-order valence-electron chi connectivity index (χ1n) is 9.12. The number of ether oxygens (including phenoxy) is 1. The molecule has 0 aromatic heterocycles. The first-order chi connectivity index (χ1) is 14.7. The molecule has 2 aromatic carbocycles. The lowest BCUT2D eigenvalue weighted by atomic mass is 10.1. The highest BCUT2D eigenvalue weighted by molar-refractivity contribution is 9.10. The maximum Gasteiger partial charge on any atom is 0.335 e. The van der Waals surface area contributed by atoms with Gasteiger partial charge in [-0.15, -0.1) is 0 Å². The van der Waals surface area contributed by atoms with Gasteiger partial charge in [0, 0.05) is 24.1 Å². The van der Waals surface area contributed by atoms with Gasteiger partial charge in [-0.2, -0.15) is 0 Å². The first-order valence-corrected chi connectivity index (χ1v) is 9.91. The highest BCUT2D eigenvalue weighted by Gasteiger charge is 2.37. The third-order valence-electron chi connectivity index (χ3n) is 4.16. The fraction of sp³-hybridized carbons (Fsp3) is 0.182. The number of anilines is 1. The monoisotopic (exact) mass is 487 g/mol. The molecular weight excluding hydrogens is 466 g/mol. The molecule has 9 heteroatoms. The average molecular weight is 488 g/mol. The Hall–Kier alpha value is -3.46. The summed E-state index contributed by atoms with van der Waals surface area (Å²) in [5.41, 5.74) is 1.56. The molecule has 1 fully saturated rings. The summed E-state index contributed by atoms with van der Waals surface area (Å²) in [6.07, 6.45) is 2.17. The molecule has 162 valence electrons. The number of carbonyl (C=O) groups excluding carboxylic acids is 4. The standard InChI is InChI=1S/C19H15BrN2O4.C3H7NO/c1-11-5-3-4-6-15(11)22-18(24)14(17(23)21-19(22)25)10-12-9-13(20)7-8-16(12)26-2;1-4(2)3-5/h3-10H,1-2H3,(H,21,23,25);3H,1-2H3/b14-10+;. The van der Waals surface area contributed by atoms with Crippen LogP contribution in [0.3, 0.4) is 0 Å². The number of rotatable bonds is 4. The Balaban J connectivity index is 0.000000614. The van der Waals surface area contributed by atoms with Crippen LogP contribution < -0.4 is 15.0 Å². The maximum absolute atomic E-state index is 12.9. The lowest BCUT2D eigenvalue weighted by Gasteiger charge is -2.27. The Morgan fingerprint density at radius 1 is 1.10 bits per heavy atom.